The predicted molar refractivity (Wildman–Crippen MR) is 72.5 cm³/mol. The van der Waals surface area contributed by atoms with Gasteiger partial charge >= 0.3 is 0 Å². The van der Waals surface area contributed by atoms with Crippen LogP contribution < -0.4 is 5.32 Å². The van der Waals surface area contributed by atoms with Crippen LogP contribution >= 0.6 is 31.9 Å². The fourth-order valence-electron chi connectivity index (χ4n) is 4.30. The van der Waals surface area contributed by atoms with Gasteiger partial charge in [-0.15, -0.1) is 0 Å². The lowest BCUT2D eigenvalue weighted by Crippen LogP contribution is -2.22. The van der Waals surface area contributed by atoms with Crippen LogP contribution in [0.1, 0.15) is 25.0 Å². The third-order valence-corrected chi connectivity index (χ3v) is 6.65. The first kappa shape index (κ1) is 11.1. The Hall–Kier alpha value is 0.200. The molecule has 3 aliphatic carbocycles. The molecule has 4 atom stereocenters. The zero-order valence-electron chi connectivity index (χ0n) is 9.46. The quantitative estimate of drug-likeness (QED) is 0.883. The van der Waals surface area contributed by atoms with Crippen molar-refractivity contribution in [3.05, 3.63) is 21.0 Å². The van der Waals surface area contributed by atoms with E-state index in [2.05, 4.69) is 37.2 Å². The van der Waals surface area contributed by atoms with Crippen molar-refractivity contribution in [2.45, 2.75) is 31.8 Å². The molecule has 0 saturated heterocycles. The molecule has 2 nitrogen and oxygen atoms in total. The third kappa shape index (κ3) is 1.67. The second-order valence-corrected chi connectivity index (χ2v) is 7.30. The second kappa shape index (κ2) is 3.84. The third-order valence-electron chi connectivity index (χ3n) is 4.94. The summed E-state index contributed by atoms with van der Waals surface area (Å²) in [5.74, 6) is 5.09. The average Bonchev–Trinajstić information content (AvgIpc) is 2.64. The minimum absolute atomic E-state index is 0.781. The molecule has 1 aromatic heterocycles. The highest BCUT2D eigenvalue weighted by Gasteiger charge is 2.64. The molecule has 0 spiro atoms. The standard InChI is InChI=1S/C13H15Br2NO/c14-9-4-8(17-13(9)15)5-16-12-10-6-1-2-7(3-6)11(10)12/h4,6-7,10-12,16H,1-3,5H2. The highest BCUT2D eigenvalue weighted by molar-refractivity contribution is 9.13. The fourth-order valence-corrected chi connectivity index (χ4v) is 4.95. The summed E-state index contributed by atoms with van der Waals surface area (Å²) in [6, 6.07) is 2.83. The zero-order valence-corrected chi connectivity index (χ0v) is 12.6. The van der Waals surface area contributed by atoms with E-state index in [1.54, 1.807) is 0 Å². The van der Waals surface area contributed by atoms with E-state index in [0.29, 0.717) is 0 Å². The van der Waals surface area contributed by atoms with Crippen molar-refractivity contribution in [1.29, 1.82) is 0 Å². The summed E-state index contributed by atoms with van der Waals surface area (Å²) in [7, 11) is 0. The first-order valence-corrected chi connectivity index (χ1v) is 8.00. The summed E-state index contributed by atoms with van der Waals surface area (Å²) >= 11 is 6.82. The van der Waals surface area contributed by atoms with E-state index >= 15 is 0 Å². The molecule has 0 aromatic carbocycles. The Morgan fingerprint density at radius 1 is 1.24 bits per heavy atom. The molecule has 4 rings (SSSR count). The van der Waals surface area contributed by atoms with Crippen LogP contribution in [0.2, 0.25) is 0 Å². The molecular weight excluding hydrogens is 346 g/mol. The maximum absolute atomic E-state index is 5.59. The number of furan rings is 1. The second-order valence-electron chi connectivity index (χ2n) is 5.73. The number of halogens is 2. The van der Waals surface area contributed by atoms with Gasteiger partial charge in [-0.3, -0.25) is 0 Å². The van der Waals surface area contributed by atoms with E-state index in [9.17, 15) is 0 Å². The Kier molecular flexibility index (Phi) is 2.50. The zero-order chi connectivity index (χ0) is 11.6. The SMILES string of the molecule is Brc1cc(CNC2C3C4CCC(C4)C23)oc1Br. The number of hydrogen-bond acceptors (Lipinski definition) is 2. The number of fused-ring (bicyclic) bond motifs is 5. The first-order chi connectivity index (χ1) is 8.24. The topological polar surface area (TPSA) is 25.2 Å². The number of rotatable bonds is 3. The molecule has 4 heteroatoms. The van der Waals surface area contributed by atoms with Gasteiger partial charge in [0.15, 0.2) is 4.67 Å². The van der Waals surface area contributed by atoms with E-state index < -0.39 is 0 Å². The van der Waals surface area contributed by atoms with E-state index in [-0.39, 0.29) is 0 Å². The van der Waals surface area contributed by atoms with Gasteiger partial charge in [-0.2, -0.15) is 0 Å². The van der Waals surface area contributed by atoms with Gasteiger partial charge in [0.05, 0.1) is 11.0 Å². The van der Waals surface area contributed by atoms with Gasteiger partial charge in [-0.25, -0.2) is 0 Å². The highest BCUT2D eigenvalue weighted by Crippen LogP contribution is 2.65. The highest BCUT2D eigenvalue weighted by atomic mass is 79.9. The van der Waals surface area contributed by atoms with E-state index in [0.717, 1.165) is 51.2 Å². The van der Waals surface area contributed by atoms with Crippen LogP contribution in [-0.4, -0.2) is 6.04 Å². The average molecular weight is 361 g/mol. The van der Waals surface area contributed by atoms with Crippen molar-refractivity contribution < 1.29 is 4.42 Å². The lowest BCUT2D eigenvalue weighted by Gasteiger charge is -2.09. The van der Waals surface area contributed by atoms with Gasteiger partial charge in [0.2, 0.25) is 0 Å². The molecule has 1 heterocycles. The maximum Gasteiger partial charge on any atom is 0.183 e. The van der Waals surface area contributed by atoms with Gasteiger partial charge in [-0.05, 0) is 80.9 Å². The number of nitrogens with one attached hydrogen (secondary N) is 1. The Morgan fingerprint density at radius 2 is 1.94 bits per heavy atom. The van der Waals surface area contributed by atoms with Gasteiger partial charge in [0, 0.05) is 6.04 Å². The van der Waals surface area contributed by atoms with Gasteiger partial charge < -0.3 is 9.73 Å². The van der Waals surface area contributed by atoms with Crippen LogP contribution in [0.25, 0.3) is 0 Å². The minimum atomic E-state index is 0.781. The van der Waals surface area contributed by atoms with Gasteiger partial charge in [0.1, 0.15) is 5.76 Å². The molecule has 1 N–H and O–H groups in total. The summed E-state index contributed by atoms with van der Waals surface area (Å²) in [6.45, 7) is 0.862. The Morgan fingerprint density at radius 3 is 2.53 bits per heavy atom. The minimum Gasteiger partial charge on any atom is -0.452 e. The summed E-state index contributed by atoms with van der Waals surface area (Å²) in [4.78, 5) is 0. The lowest BCUT2D eigenvalue weighted by atomic mass is 10.0. The fraction of sp³-hybridized carbons (Fsp3) is 0.692. The van der Waals surface area contributed by atoms with E-state index in [1.807, 2.05) is 6.07 Å². The Balaban J connectivity index is 1.38. The van der Waals surface area contributed by atoms with Gasteiger partial charge in [-0.1, -0.05) is 0 Å². The van der Waals surface area contributed by atoms with Crippen LogP contribution in [0, 0.1) is 23.7 Å². The molecule has 3 fully saturated rings. The van der Waals surface area contributed by atoms with Crippen molar-refractivity contribution >= 4 is 31.9 Å². The van der Waals surface area contributed by atoms with Crippen LogP contribution in [0.3, 0.4) is 0 Å². The summed E-state index contributed by atoms with van der Waals surface area (Å²) in [6.07, 6.45) is 4.50. The molecule has 0 aliphatic heterocycles. The summed E-state index contributed by atoms with van der Waals surface area (Å²) in [5, 5.41) is 3.68. The maximum atomic E-state index is 5.59. The van der Waals surface area contributed by atoms with Crippen molar-refractivity contribution in [1.82, 2.24) is 5.32 Å². The van der Waals surface area contributed by atoms with Gasteiger partial charge in [0.25, 0.3) is 0 Å². The molecule has 0 radical (unpaired) electrons. The summed E-state index contributed by atoms with van der Waals surface area (Å²) in [5.41, 5.74) is 0. The largest absolute Gasteiger partial charge is 0.452 e. The molecule has 0 amide bonds. The van der Waals surface area contributed by atoms with Crippen molar-refractivity contribution in [3.63, 3.8) is 0 Å². The Bertz CT molecular complexity index is 423. The van der Waals surface area contributed by atoms with E-state index in [4.69, 9.17) is 4.42 Å². The molecule has 1 aromatic rings. The first-order valence-electron chi connectivity index (χ1n) is 6.41. The van der Waals surface area contributed by atoms with Crippen molar-refractivity contribution in [3.8, 4) is 0 Å². The molecule has 3 aliphatic rings. The molecule has 4 unspecified atom stereocenters. The van der Waals surface area contributed by atoms with Crippen LogP contribution in [-0.2, 0) is 6.54 Å². The smallest absolute Gasteiger partial charge is 0.183 e. The number of hydrogen-bond donors (Lipinski definition) is 1. The molecule has 92 valence electrons. The predicted octanol–water partition coefficient (Wildman–Crippen LogP) is 3.94. The lowest BCUT2D eigenvalue weighted by molar-refractivity contribution is 0.424. The Labute approximate surface area is 118 Å². The van der Waals surface area contributed by atoms with Crippen molar-refractivity contribution in [2.75, 3.05) is 0 Å². The van der Waals surface area contributed by atoms with E-state index in [1.165, 1.54) is 19.3 Å². The van der Waals surface area contributed by atoms with Crippen LogP contribution in [0.15, 0.2) is 19.6 Å². The monoisotopic (exact) mass is 359 g/mol. The molecular formula is C13H15Br2NO. The molecule has 17 heavy (non-hydrogen) atoms. The summed E-state index contributed by atoms with van der Waals surface area (Å²) < 4.78 is 7.39. The van der Waals surface area contributed by atoms with Crippen LogP contribution in [0.4, 0.5) is 0 Å². The van der Waals surface area contributed by atoms with Crippen molar-refractivity contribution in [2.24, 2.45) is 23.7 Å². The van der Waals surface area contributed by atoms with Crippen LogP contribution in [0.5, 0.6) is 0 Å². The normalized spacial score (nSPS) is 41.9. The molecule has 3 saturated carbocycles. The molecule has 2 bridgehead atoms.